The Hall–Kier alpha value is -3.22. The van der Waals surface area contributed by atoms with Gasteiger partial charge < -0.3 is 14.2 Å². The van der Waals surface area contributed by atoms with Crippen molar-refractivity contribution in [2.75, 3.05) is 31.1 Å². The van der Waals surface area contributed by atoms with Crippen LogP contribution in [0.5, 0.6) is 0 Å². The minimum Gasteiger partial charge on any atom is -0.412 e. The number of amides is 1. The fraction of sp³-hybridized carbons (Fsp3) is 0.211. The Morgan fingerprint density at radius 2 is 1.73 bits per heavy atom. The molecule has 3 aromatic rings. The highest BCUT2D eigenvalue weighted by molar-refractivity contribution is 5.90. The van der Waals surface area contributed by atoms with Gasteiger partial charge in [0.1, 0.15) is 5.82 Å². The van der Waals surface area contributed by atoms with Gasteiger partial charge in [-0.15, -0.1) is 10.2 Å². The third kappa shape index (κ3) is 3.28. The molecule has 0 saturated carbocycles. The van der Waals surface area contributed by atoms with Crippen LogP contribution in [0.25, 0.3) is 11.5 Å². The Bertz CT molecular complexity index is 905. The van der Waals surface area contributed by atoms with Crippen molar-refractivity contribution in [3.63, 3.8) is 0 Å². The molecule has 0 atom stereocenters. The van der Waals surface area contributed by atoms with E-state index in [1.807, 2.05) is 18.2 Å². The van der Waals surface area contributed by atoms with Gasteiger partial charge in [0.05, 0.1) is 0 Å². The van der Waals surface area contributed by atoms with Gasteiger partial charge in [-0.1, -0.05) is 24.3 Å². The van der Waals surface area contributed by atoms with Crippen molar-refractivity contribution in [3.8, 4) is 11.5 Å². The smallest absolute Gasteiger partial charge is 0.311 e. The first-order chi connectivity index (χ1) is 12.7. The van der Waals surface area contributed by atoms with Crippen LogP contribution in [0.2, 0.25) is 0 Å². The molecule has 0 bridgehead atoms. The van der Waals surface area contributed by atoms with Gasteiger partial charge in [-0.2, -0.15) is 0 Å². The maximum absolute atomic E-state index is 13.3. The number of hydrogen-bond donors (Lipinski definition) is 0. The van der Waals surface area contributed by atoms with Gasteiger partial charge in [0.15, 0.2) is 0 Å². The van der Waals surface area contributed by atoms with Crippen molar-refractivity contribution in [1.82, 2.24) is 15.1 Å². The number of para-hydroxylation sites is 1. The van der Waals surface area contributed by atoms with Gasteiger partial charge in [-0.05, 0) is 30.3 Å². The molecule has 2 aromatic carbocycles. The summed E-state index contributed by atoms with van der Waals surface area (Å²) >= 11 is 0. The van der Waals surface area contributed by atoms with Crippen LogP contribution in [0.1, 0.15) is 10.7 Å². The van der Waals surface area contributed by atoms with Gasteiger partial charge >= 0.3 is 11.8 Å². The van der Waals surface area contributed by atoms with Crippen molar-refractivity contribution in [1.29, 1.82) is 0 Å². The van der Waals surface area contributed by atoms with Crippen LogP contribution < -0.4 is 4.90 Å². The second kappa shape index (κ2) is 6.95. The molecule has 26 heavy (non-hydrogen) atoms. The molecular formula is C19H17FN4O2. The predicted molar refractivity (Wildman–Crippen MR) is 94.3 cm³/mol. The molecule has 1 amide bonds. The van der Waals surface area contributed by atoms with Gasteiger partial charge in [0.25, 0.3) is 0 Å². The van der Waals surface area contributed by atoms with Crippen LogP contribution in [0.4, 0.5) is 10.1 Å². The molecule has 1 aromatic heterocycles. The second-order valence-corrected chi connectivity index (χ2v) is 6.04. The highest BCUT2D eigenvalue weighted by Gasteiger charge is 2.26. The lowest BCUT2D eigenvalue weighted by atomic mass is 10.2. The molecule has 1 aliphatic rings. The summed E-state index contributed by atoms with van der Waals surface area (Å²) in [6.45, 7) is 2.62. The van der Waals surface area contributed by atoms with E-state index in [1.165, 1.54) is 12.1 Å². The summed E-state index contributed by atoms with van der Waals surface area (Å²) in [5.74, 6) is -0.633. The fourth-order valence-electron chi connectivity index (χ4n) is 2.99. The highest BCUT2D eigenvalue weighted by atomic mass is 19.1. The van der Waals surface area contributed by atoms with Crippen LogP contribution >= 0.6 is 0 Å². The molecule has 6 nitrogen and oxygen atoms in total. The summed E-state index contributed by atoms with van der Waals surface area (Å²) in [7, 11) is 0. The van der Waals surface area contributed by atoms with E-state index in [2.05, 4.69) is 27.2 Å². The monoisotopic (exact) mass is 352 g/mol. The van der Waals surface area contributed by atoms with E-state index < -0.39 is 5.82 Å². The highest BCUT2D eigenvalue weighted by Crippen LogP contribution is 2.20. The van der Waals surface area contributed by atoms with Gasteiger partial charge in [-0.25, -0.2) is 4.39 Å². The minimum absolute atomic E-state index is 0.0718. The van der Waals surface area contributed by atoms with Crippen molar-refractivity contribution < 1.29 is 13.6 Å². The maximum atomic E-state index is 13.3. The van der Waals surface area contributed by atoms with Crippen LogP contribution in [-0.2, 0) is 0 Å². The van der Waals surface area contributed by atoms with Gasteiger partial charge in [0.2, 0.25) is 5.89 Å². The third-order valence-corrected chi connectivity index (χ3v) is 4.37. The summed E-state index contributed by atoms with van der Waals surface area (Å²) < 4.78 is 18.8. The lowest BCUT2D eigenvalue weighted by Gasteiger charge is -2.35. The Labute approximate surface area is 149 Å². The molecular weight excluding hydrogens is 335 g/mol. The van der Waals surface area contributed by atoms with Crippen LogP contribution in [0, 0.1) is 5.82 Å². The van der Waals surface area contributed by atoms with E-state index in [1.54, 1.807) is 17.0 Å². The number of aromatic nitrogens is 2. The number of halogens is 1. The SMILES string of the molecule is O=C(c1nnc(-c2cccc(F)c2)o1)N1CCN(c2ccccc2)CC1. The van der Waals surface area contributed by atoms with E-state index in [4.69, 9.17) is 4.42 Å². The molecule has 2 heterocycles. The van der Waals surface area contributed by atoms with Crippen LogP contribution in [0.3, 0.4) is 0 Å². The number of piperazine rings is 1. The molecule has 7 heteroatoms. The zero-order valence-corrected chi connectivity index (χ0v) is 14.0. The molecule has 0 unspecified atom stereocenters. The van der Waals surface area contributed by atoms with Crippen molar-refractivity contribution in [3.05, 3.63) is 66.3 Å². The largest absolute Gasteiger partial charge is 0.412 e. The average molecular weight is 352 g/mol. The number of rotatable bonds is 3. The Morgan fingerprint density at radius 3 is 2.46 bits per heavy atom. The molecule has 132 valence electrons. The topological polar surface area (TPSA) is 62.5 Å². The first kappa shape index (κ1) is 16.3. The molecule has 1 fully saturated rings. The average Bonchev–Trinajstić information content (AvgIpc) is 3.18. The van der Waals surface area contributed by atoms with Gasteiger partial charge in [0, 0.05) is 37.4 Å². The van der Waals surface area contributed by atoms with E-state index in [-0.39, 0.29) is 17.7 Å². The van der Waals surface area contributed by atoms with E-state index in [9.17, 15) is 9.18 Å². The lowest BCUT2D eigenvalue weighted by molar-refractivity contribution is 0.0707. The minimum atomic E-state index is -0.398. The van der Waals surface area contributed by atoms with Crippen molar-refractivity contribution >= 4 is 11.6 Å². The molecule has 4 rings (SSSR count). The lowest BCUT2D eigenvalue weighted by Crippen LogP contribution is -2.48. The number of carbonyl (C=O) groups excluding carboxylic acids is 1. The predicted octanol–water partition coefficient (Wildman–Crippen LogP) is 2.84. The number of benzene rings is 2. The van der Waals surface area contributed by atoms with Crippen LogP contribution in [0.15, 0.2) is 59.0 Å². The van der Waals surface area contributed by atoms with Gasteiger partial charge in [-0.3, -0.25) is 4.79 Å². The summed E-state index contributed by atoms with van der Waals surface area (Å²) in [4.78, 5) is 16.5. The van der Waals surface area contributed by atoms with E-state index in [0.717, 1.165) is 18.8 Å². The Morgan fingerprint density at radius 1 is 0.962 bits per heavy atom. The standard InChI is InChI=1S/C19H17FN4O2/c20-15-6-4-5-14(13-15)17-21-22-18(26-17)19(25)24-11-9-23(10-12-24)16-7-2-1-3-8-16/h1-8,13H,9-12H2. The zero-order chi connectivity index (χ0) is 17.9. The van der Waals surface area contributed by atoms with Crippen molar-refractivity contribution in [2.45, 2.75) is 0 Å². The second-order valence-electron chi connectivity index (χ2n) is 6.04. The van der Waals surface area contributed by atoms with Crippen molar-refractivity contribution in [2.24, 2.45) is 0 Å². The quantitative estimate of drug-likeness (QED) is 0.725. The number of hydrogen-bond acceptors (Lipinski definition) is 5. The first-order valence-electron chi connectivity index (χ1n) is 8.39. The van der Waals surface area contributed by atoms with E-state index in [0.29, 0.717) is 18.7 Å². The summed E-state index contributed by atoms with van der Waals surface area (Å²) in [5, 5.41) is 7.70. The maximum Gasteiger partial charge on any atom is 0.311 e. The molecule has 0 aliphatic carbocycles. The molecule has 1 aliphatic heterocycles. The summed E-state index contributed by atoms with van der Waals surface area (Å²) in [6, 6.07) is 15.9. The number of carbonyl (C=O) groups is 1. The Balaban J connectivity index is 1.43. The molecule has 0 N–H and O–H groups in total. The molecule has 0 radical (unpaired) electrons. The normalized spacial score (nSPS) is 14.5. The Kier molecular flexibility index (Phi) is 4.35. The number of anilines is 1. The zero-order valence-electron chi connectivity index (χ0n) is 14.0. The summed E-state index contributed by atoms with van der Waals surface area (Å²) in [6.07, 6.45) is 0. The first-order valence-corrected chi connectivity index (χ1v) is 8.39. The molecule has 1 saturated heterocycles. The van der Waals surface area contributed by atoms with Crippen LogP contribution in [-0.4, -0.2) is 47.2 Å². The van der Waals surface area contributed by atoms with E-state index >= 15 is 0 Å². The number of nitrogens with zero attached hydrogens (tertiary/aromatic N) is 4. The third-order valence-electron chi connectivity index (χ3n) is 4.37. The fourth-order valence-corrected chi connectivity index (χ4v) is 2.99. The molecule has 0 spiro atoms. The summed E-state index contributed by atoms with van der Waals surface area (Å²) in [5.41, 5.74) is 1.59.